The standard InChI is InChI=1S/C42H47N4O4/c1-26(47)30-15-10-8-12-22-46-40(30)36(27(2)48)42-25-45-21-11-7-5-4-6-9-14-29(41(42)46)24-33(34(42)19-23-45)38-39-32(18-20-43-38)31-16-13-17-35(37(31)44-39)50-28(3)49/h4,6,13,15-18,20,24,33-34,41H,5,7-12,14,19,21-23,25H2,1-3H3/q-1/p+1/b6-4-,30-15-/t33-,34-,41-,42-/m1/s1. The molecule has 260 valence electrons. The lowest BCUT2D eigenvalue weighted by molar-refractivity contribution is -0.880. The number of carbonyl (C=O) groups excluding carboxylic acids is 3. The molecule has 0 saturated carbocycles. The van der Waals surface area contributed by atoms with Gasteiger partial charge in [-0.05, 0) is 119 Å². The summed E-state index contributed by atoms with van der Waals surface area (Å²) in [4.78, 5) is 54.2. The second kappa shape index (κ2) is 13.2. The number of ether oxygens (including phenoxy) is 1. The molecular formula is C42H48N4O4. The zero-order valence-electron chi connectivity index (χ0n) is 29.6. The van der Waals surface area contributed by atoms with Gasteiger partial charge in [0.15, 0.2) is 11.6 Å². The number of hydrogen-bond donors (Lipinski definition) is 1. The second-order valence-electron chi connectivity index (χ2n) is 15.1. The number of para-hydroxylation sites is 1. The fraction of sp³-hybridized carbons (Fsp3) is 0.476. The third kappa shape index (κ3) is 5.34. The average Bonchev–Trinajstić information content (AvgIpc) is 3.58. The lowest BCUT2D eigenvalue weighted by Crippen LogP contribution is -3.14. The first-order chi connectivity index (χ1) is 24.3. The molecule has 1 fully saturated rings. The zero-order chi connectivity index (χ0) is 34.6. The van der Waals surface area contributed by atoms with E-state index in [1.807, 2.05) is 24.4 Å². The number of pyridine rings is 1. The Kier molecular flexibility index (Phi) is 8.72. The minimum atomic E-state index is -0.473. The number of benzene rings is 1. The molecule has 1 N–H and O–H groups in total. The number of ketones is 2. The van der Waals surface area contributed by atoms with Gasteiger partial charge in [0, 0.05) is 31.3 Å². The SMILES string of the molecule is CC(=O)Oc1cccc2c1[n-]c1c([C@@H]3C=C4CC/C=C\CCCCN5CC[C@H]3[C@]3(C5)C(C(C)=O)=C5/C(C(C)=O)=C\CCCC[NH+]5[C@H]43)nccc12. The number of Topliss-reactive ketones (excluding diaryl/α,β-unsaturated/α-hetero) is 2. The van der Waals surface area contributed by atoms with Gasteiger partial charge in [-0.25, -0.2) is 0 Å². The molecule has 6 atom stereocenters. The van der Waals surface area contributed by atoms with Gasteiger partial charge in [0.2, 0.25) is 0 Å². The first-order valence-electron chi connectivity index (χ1n) is 18.7. The van der Waals surface area contributed by atoms with Crippen LogP contribution < -0.4 is 14.6 Å². The highest BCUT2D eigenvalue weighted by Gasteiger charge is 2.67. The summed E-state index contributed by atoms with van der Waals surface area (Å²) in [5.41, 5.74) is 5.93. The summed E-state index contributed by atoms with van der Waals surface area (Å²) in [5.74, 6) is 0.246. The van der Waals surface area contributed by atoms with Crippen molar-refractivity contribution in [2.45, 2.75) is 90.5 Å². The van der Waals surface area contributed by atoms with Crippen LogP contribution in [0.4, 0.5) is 0 Å². The van der Waals surface area contributed by atoms with E-state index in [1.54, 1.807) is 19.9 Å². The quantitative estimate of drug-likeness (QED) is 0.209. The fourth-order valence-electron chi connectivity index (χ4n) is 10.4. The molecule has 4 aliphatic heterocycles. The summed E-state index contributed by atoms with van der Waals surface area (Å²) in [6.45, 7) is 8.52. The zero-order valence-corrected chi connectivity index (χ0v) is 29.6. The number of aromatic nitrogens is 2. The molecule has 1 saturated heterocycles. The molecule has 5 aliphatic rings. The van der Waals surface area contributed by atoms with E-state index in [4.69, 9.17) is 14.7 Å². The molecule has 0 amide bonds. The van der Waals surface area contributed by atoms with Gasteiger partial charge >= 0.3 is 5.97 Å². The number of allylic oxidation sites excluding steroid dienone is 5. The molecular weight excluding hydrogens is 624 g/mol. The van der Waals surface area contributed by atoms with Gasteiger partial charge in [0.25, 0.3) is 0 Å². The minimum Gasteiger partial charge on any atom is -0.652 e. The van der Waals surface area contributed by atoms with Gasteiger partial charge in [0.1, 0.15) is 17.5 Å². The first-order valence-corrected chi connectivity index (χ1v) is 18.7. The Balaban J connectivity index is 1.40. The predicted octanol–water partition coefficient (Wildman–Crippen LogP) is 5.93. The van der Waals surface area contributed by atoms with Crippen LogP contribution in [-0.4, -0.2) is 59.6 Å². The molecule has 1 aromatic carbocycles. The maximum atomic E-state index is 14.4. The van der Waals surface area contributed by atoms with Crippen molar-refractivity contribution in [2.75, 3.05) is 26.2 Å². The molecule has 2 aromatic heterocycles. The Labute approximate surface area is 294 Å². The monoisotopic (exact) mass is 672 g/mol. The number of fused-ring (bicyclic) bond motifs is 5. The van der Waals surface area contributed by atoms with E-state index in [0.29, 0.717) is 11.3 Å². The molecule has 8 nitrogen and oxygen atoms in total. The molecule has 3 aromatic rings. The third-order valence-corrected chi connectivity index (χ3v) is 12.1. The van der Waals surface area contributed by atoms with E-state index in [1.165, 1.54) is 17.4 Å². The molecule has 0 radical (unpaired) electrons. The van der Waals surface area contributed by atoms with Gasteiger partial charge < -0.3 is 14.6 Å². The molecule has 50 heavy (non-hydrogen) atoms. The Morgan fingerprint density at radius 1 is 0.940 bits per heavy atom. The Morgan fingerprint density at radius 2 is 1.76 bits per heavy atom. The van der Waals surface area contributed by atoms with E-state index < -0.39 is 5.41 Å². The van der Waals surface area contributed by atoms with Crippen LogP contribution in [0.25, 0.3) is 21.8 Å². The van der Waals surface area contributed by atoms with Crippen LogP contribution in [0.1, 0.15) is 90.2 Å². The summed E-state index contributed by atoms with van der Waals surface area (Å²) in [7, 11) is 0. The Hall–Kier alpha value is -4.14. The number of nitrogens with zero attached hydrogens (tertiary/aromatic N) is 3. The van der Waals surface area contributed by atoms with Crippen LogP contribution in [0.3, 0.4) is 0 Å². The van der Waals surface area contributed by atoms with E-state index in [-0.39, 0.29) is 35.4 Å². The molecule has 1 aliphatic carbocycles. The van der Waals surface area contributed by atoms with Crippen molar-refractivity contribution in [3.05, 3.63) is 82.9 Å². The molecule has 8 rings (SSSR count). The number of esters is 1. The van der Waals surface area contributed by atoms with Crippen molar-refractivity contribution < 1.29 is 24.0 Å². The van der Waals surface area contributed by atoms with Gasteiger partial charge in [-0.2, -0.15) is 0 Å². The van der Waals surface area contributed by atoms with Crippen LogP contribution in [0, 0.1) is 11.3 Å². The fourth-order valence-corrected chi connectivity index (χ4v) is 10.4. The van der Waals surface area contributed by atoms with Crippen LogP contribution in [-0.2, 0) is 14.4 Å². The Morgan fingerprint density at radius 3 is 2.58 bits per heavy atom. The summed E-state index contributed by atoms with van der Waals surface area (Å²) >= 11 is 0. The summed E-state index contributed by atoms with van der Waals surface area (Å²) in [5, 5.41) is 1.93. The number of piperidine rings is 1. The topological polar surface area (TPSA) is 95.1 Å². The number of hydrogen-bond acceptors (Lipinski definition) is 6. The van der Waals surface area contributed by atoms with E-state index in [2.05, 4.69) is 29.2 Å². The minimum absolute atomic E-state index is 0.0551. The highest BCUT2D eigenvalue weighted by atomic mass is 16.5. The average molecular weight is 673 g/mol. The van der Waals surface area contributed by atoms with Crippen molar-refractivity contribution in [3.8, 4) is 5.75 Å². The van der Waals surface area contributed by atoms with E-state index in [0.717, 1.165) is 123 Å². The van der Waals surface area contributed by atoms with E-state index in [9.17, 15) is 14.4 Å². The second-order valence-corrected chi connectivity index (χ2v) is 15.1. The van der Waals surface area contributed by atoms with Crippen molar-refractivity contribution in [1.82, 2.24) is 14.9 Å². The number of nitrogens with one attached hydrogen (secondary N) is 1. The molecule has 6 heterocycles. The predicted molar refractivity (Wildman–Crippen MR) is 194 cm³/mol. The van der Waals surface area contributed by atoms with Gasteiger partial charge in [0.05, 0.1) is 23.1 Å². The van der Waals surface area contributed by atoms with Crippen molar-refractivity contribution in [1.29, 1.82) is 0 Å². The first kappa shape index (κ1) is 33.0. The summed E-state index contributed by atoms with van der Waals surface area (Å²) < 4.78 is 5.62. The van der Waals surface area contributed by atoms with Gasteiger partial charge in [-0.1, -0.05) is 42.0 Å². The number of rotatable bonds is 4. The highest BCUT2D eigenvalue weighted by molar-refractivity contribution is 6.10. The van der Waals surface area contributed by atoms with Crippen LogP contribution in [0.15, 0.2) is 77.2 Å². The smallest absolute Gasteiger partial charge is 0.307 e. The maximum Gasteiger partial charge on any atom is 0.307 e. The molecule has 8 heteroatoms. The van der Waals surface area contributed by atoms with Gasteiger partial charge in [-0.3, -0.25) is 24.3 Å². The molecule has 3 bridgehead atoms. The van der Waals surface area contributed by atoms with Gasteiger partial charge in [-0.15, -0.1) is 5.52 Å². The van der Waals surface area contributed by atoms with Crippen molar-refractivity contribution in [2.24, 2.45) is 11.3 Å². The van der Waals surface area contributed by atoms with Crippen molar-refractivity contribution >= 4 is 39.3 Å². The normalized spacial score (nSPS) is 31.5. The highest BCUT2D eigenvalue weighted by Crippen LogP contribution is 2.59. The van der Waals surface area contributed by atoms with Crippen molar-refractivity contribution in [3.63, 3.8) is 0 Å². The number of quaternary nitrogens is 1. The number of carbonyl (C=O) groups is 3. The largest absolute Gasteiger partial charge is 0.652 e. The summed E-state index contributed by atoms with van der Waals surface area (Å²) in [6.07, 6.45) is 20.3. The van der Waals surface area contributed by atoms with Crippen LogP contribution >= 0.6 is 0 Å². The van der Waals surface area contributed by atoms with Crippen LogP contribution in [0.5, 0.6) is 5.75 Å². The van der Waals surface area contributed by atoms with Crippen LogP contribution in [0.2, 0.25) is 0 Å². The Bertz CT molecular complexity index is 2020. The lowest BCUT2D eigenvalue weighted by atomic mass is 9.53. The lowest BCUT2D eigenvalue weighted by Gasteiger charge is -2.54. The summed E-state index contributed by atoms with van der Waals surface area (Å²) in [6, 6.07) is 7.83. The van der Waals surface area contributed by atoms with E-state index >= 15 is 0 Å². The third-order valence-electron chi connectivity index (χ3n) is 12.1. The molecule has 1 spiro atoms. The molecule has 2 unspecified atom stereocenters. The maximum absolute atomic E-state index is 14.4.